The van der Waals surface area contributed by atoms with E-state index in [9.17, 15) is 17.6 Å². The van der Waals surface area contributed by atoms with E-state index < -0.39 is 18.5 Å². The van der Waals surface area contributed by atoms with Gasteiger partial charge in [-0.2, -0.15) is 4.98 Å². The quantitative estimate of drug-likeness (QED) is 0.251. The van der Waals surface area contributed by atoms with Gasteiger partial charge >= 0.3 is 6.36 Å². The minimum absolute atomic E-state index is 0.188. The van der Waals surface area contributed by atoms with E-state index in [-0.39, 0.29) is 31.5 Å². The van der Waals surface area contributed by atoms with E-state index in [1.165, 1.54) is 12.1 Å². The molecule has 2 atom stereocenters. The van der Waals surface area contributed by atoms with Crippen LogP contribution in [0.2, 0.25) is 5.15 Å². The molecule has 1 N–H and O–H groups in total. The lowest BCUT2D eigenvalue weighted by Crippen LogP contribution is -2.28. The number of rotatable bonds is 7. The smallest absolute Gasteiger partial charge is 0.494 e. The molecule has 4 aromatic rings. The molecule has 0 radical (unpaired) electrons. The molecule has 6 rings (SSSR count). The van der Waals surface area contributed by atoms with Crippen LogP contribution in [0.25, 0.3) is 5.69 Å². The SMILES string of the molecule is COc1cc(Nc2nc3c(c(N4CCC(F)C4)n2)COCC3c2ccc(OC(F)(F)F)cc2)ccc1-n1cnc(Cl)c1. The van der Waals surface area contributed by atoms with Crippen LogP contribution in [0.15, 0.2) is 55.0 Å². The van der Waals surface area contributed by atoms with Crippen molar-refractivity contribution in [2.75, 3.05) is 37.0 Å². The van der Waals surface area contributed by atoms with Crippen molar-refractivity contribution >= 4 is 29.1 Å². The number of hydrogen-bond donors (Lipinski definition) is 1. The maximum atomic E-state index is 14.2. The van der Waals surface area contributed by atoms with Crippen molar-refractivity contribution in [3.8, 4) is 17.2 Å². The molecule has 1 saturated heterocycles. The number of halogens is 5. The zero-order valence-electron chi connectivity index (χ0n) is 22.2. The molecule has 0 amide bonds. The normalized spacial score (nSPS) is 18.6. The molecule has 4 heterocycles. The largest absolute Gasteiger partial charge is 0.573 e. The van der Waals surface area contributed by atoms with Crippen LogP contribution < -0.4 is 19.7 Å². The van der Waals surface area contributed by atoms with Gasteiger partial charge in [0.15, 0.2) is 0 Å². The van der Waals surface area contributed by atoms with Gasteiger partial charge in [0.1, 0.15) is 35.0 Å². The Kier molecular flexibility index (Phi) is 7.54. The monoisotopic (exact) mass is 604 g/mol. The minimum atomic E-state index is -4.79. The van der Waals surface area contributed by atoms with Crippen molar-refractivity contribution in [3.63, 3.8) is 0 Å². The van der Waals surface area contributed by atoms with Gasteiger partial charge in [-0.15, -0.1) is 13.2 Å². The first-order valence-corrected chi connectivity index (χ1v) is 13.4. The summed E-state index contributed by atoms with van der Waals surface area (Å²) in [5, 5.41) is 3.58. The molecule has 0 aliphatic carbocycles. The predicted octanol–water partition coefficient (Wildman–Crippen LogP) is 6.18. The van der Waals surface area contributed by atoms with Gasteiger partial charge in [-0.05, 0) is 36.2 Å². The van der Waals surface area contributed by atoms with Crippen LogP contribution in [0.5, 0.6) is 11.5 Å². The Labute approximate surface area is 243 Å². The van der Waals surface area contributed by atoms with E-state index in [4.69, 9.17) is 31.0 Å². The van der Waals surface area contributed by atoms with E-state index in [2.05, 4.69) is 15.0 Å². The Bertz CT molecular complexity index is 1580. The number of aromatic nitrogens is 4. The molecule has 42 heavy (non-hydrogen) atoms. The molecule has 2 aromatic heterocycles. The summed E-state index contributed by atoms with van der Waals surface area (Å²) in [5.74, 6) is 0.647. The molecule has 0 bridgehead atoms. The zero-order chi connectivity index (χ0) is 29.4. The van der Waals surface area contributed by atoms with E-state index >= 15 is 0 Å². The third-order valence-corrected chi connectivity index (χ3v) is 7.28. The summed E-state index contributed by atoms with van der Waals surface area (Å²) in [6.45, 7) is 1.14. The predicted molar refractivity (Wildman–Crippen MR) is 147 cm³/mol. The molecule has 2 aliphatic heterocycles. The highest BCUT2D eigenvalue weighted by Gasteiger charge is 2.34. The van der Waals surface area contributed by atoms with E-state index in [1.807, 2.05) is 17.0 Å². The number of nitrogens with zero attached hydrogens (tertiary/aromatic N) is 5. The van der Waals surface area contributed by atoms with Crippen LogP contribution in [-0.4, -0.2) is 58.9 Å². The molecular formula is C28H25ClF4N6O3. The molecule has 220 valence electrons. The number of methoxy groups -OCH3 is 1. The van der Waals surface area contributed by atoms with Crippen molar-refractivity contribution in [2.45, 2.75) is 31.5 Å². The maximum absolute atomic E-state index is 14.2. The molecule has 1 fully saturated rings. The van der Waals surface area contributed by atoms with Crippen LogP contribution in [0.4, 0.5) is 35.0 Å². The number of benzene rings is 2. The van der Waals surface area contributed by atoms with E-state index in [0.29, 0.717) is 52.2 Å². The standard InChI is InChI=1S/C28H25ClF4N6O3/c1-40-23-10-18(4-7-22(23)39-12-24(29)34-15-39)35-27-36-25-20(16-2-5-19(6-3-16)42-28(31,32)33)13-41-14-21(25)26(37-27)38-9-8-17(30)11-38/h2-7,10,12,15,17,20H,8-9,11,13-14H2,1H3,(H,35,36,37). The van der Waals surface area contributed by atoms with Gasteiger partial charge in [-0.1, -0.05) is 23.7 Å². The number of nitrogens with one attached hydrogen (secondary N) is 1. The number of alkyl halides is 4. The summed E-state index contributed by atoms with van der Waals surface area (Å²) in [6.07, 6.45) is -2.17. The number of ether oxygens (including phenoxy) is 3. The lowest BCUT2D eigenvalue weighted by atomic mass is 9.91. The van der Waals surface area contributed by atoms with Crippen molar-refractivity contribution < 1.29 is 31.8 Å². The first-order valence-electron chi connectivity index (χ1n) is 13.0. The molecule has 2 unspecified atom stereocenters. The Balaban J connectivity index is 1.36. The summed E-state index contributed by atoms with van der Waals surface area (Å²) >= 11 is 5.98. The summed E-state index contributed by atoms with van der Waals surface area (Å²) in [6, 6.07) is 11.0. The molecule has 14 heteroatoms. The average molecular weight is 605 g/mol. The second kappa shape index (κ2) is 11.3. The molecule has 2 aromatic carbocycles. The fourth-order valence-electron chi connectivity index (χ4n) is 5.19. The van der Waals surface area contributed by atoms with Crippen molar-refractivity contribution in [3.05, 3.63) is 77.0 Å². The van der Waals surface area contributed by atoms with Crippen LogP contribution in [0.1, 0.15) is 29.2 Å². The summed E-state index contributed by atoms with van der Waals surface area (Å²) < 4.78 is 69.5. The Hall–Kier alpha value is -4.10. The molecule has 9 nitrogen and oxygen atoms in total. The van der Waals surface area contributed by atoms with Crippen molar-refractivity contribution in [1.29, 1.82) is 0 Å². The Morgan fingerprint density at radius 3 is 2.60 bits per heavy atom. The number of imidazole rings is 1. The summed E-state index contributed by atoms with van der Waals surface area (Å²) in [7, 11) is 1.55. The van der Waals surface area contributed by atoms with Gasteiger partial charge in [-0.25, -0.2) is 14.4 Å². The van der Waals surface area contributed by atoms with Crippen LogP contribution >= 0.6 is 11.6 Å². The third kappa shape index (κ3) is 5.93. The van der Waals surface area contributed by atoms with Crippen molar-refractivity contribution in [1.82, 2.24) is 19.5 Å². The summed E-state index contributed by atoms with van der Waals surface area (Å²) in [5.41, 5.74) is 3.41. The van der Waals surface area contributed by atoms with Gasteiger partial charge < -0.3 is 29.0 Å². The highest BCUT2D eigenvalue weighted by Crippen LogP contribution is 2.39. The fraction of sp³-hybridized carbons (Fsp3) is 0.321. The topological polar surface area (TPSA) is 86.6 Å². The van der Waals surface area contributed by atoms with Crippen molar-refractivity contribution in [2.24, 2.45) is 0 Å². The lowest BCUT2D eigenvalue weighted by molar-refractivity contribution is -0.274. The molecule has 2 aliphatic rings. The fourth-order valence-corrected chi connectivity index (χ4v) is 5.33. The van der Waals surface area contributed by atoms with Crippen LogP contribution in [0, 0.1) is 0 Å². The first kappa shape index (κ1) is 28.0. The van der Waals surface area contributed by atoms with Crippen LogP contribution in [0.3, 0.4) is 0 Å². The van der Waals surface area contributed by atoms with Crippen LogP contribution in [-0.2, 0) is 11.3 Å². The third-order valence-electron chi connectivity index (χ3n) is 7.09. The average Bonchev–Trinajstić information content (AvgIpc) is 3.60. The Morgan fingerprint density at radius 1 is 1.12 bits per heavy atom. The second-order valence-corrected chi connectivity index (χ2v) is 10.3. The van der Waals surface area contributed by atoms with Gasteiger partial charge in [0.05, 0.1) is 44.2 Å². The lowest BCUT2D eigenvalue weighted by Gasteiger charge is -2.30. The second-order valence-electron chi connectivity index (χ2n) is 9.87. The number of hydrogen-bond acceptors (Lipinski definition) is 8. The summed E-state index contributed by atoms with van der Waals surface area (Å²) in [4.78, 5) is 15.5. The first-order chi connectivity index (χ1) is 20.2. The molecule has 0 spiro atoms. The zero-order valence-corrected chi connectivity index (χ0v) is 23.0. The maximum Gasteiger partial charge on any atom is 0.573 e. The highest BCUT2D eigenvalue weighted by molar-refractivity contribution is 6.29. The van der Waals surface area contributed by atoms with Gasteiger partial charge in [0.2, 0.25) is 5.95 Å². The number of fused-ring (bicyclic) bond motifs is 1. The molecule has 0 saturated carbocycles. The molecular weight excluding hydrogens is 580 g/mol. The van der Waals surface area contributed by atoms with Gasteiger partial charge in [0.25, 0.3) is 0 Å². The minimum Gasteiger partial charge on any atom is -0.494 e. The number of anilines is 3. The van der Waals surface area contributed by atoms with E-state index in [0.717, 1.165) is 5.69 Å². The van der Waals surface area contributed by atoms with E-state index in [1.54, 1.807) is 42.4 Å². The highest BCUT2D eigenvalue weighted by atomic mass is 35.5. The Morgan fingerprint density at radius 2 is 1.93 bits per heavy atom. The van der Waals surface area contributed by atoms with Gasteiger partial charge in [-0.3, -0.25) is 0 Å². The van der Waals surface area contributed by atoms with Gasteiger partial charge in [0, 0.05) is 30.1 Å².